The van der Waals surface area contributed by atoms with E-state index in [2.05, 4.69) is 23.5 Å². The molecule has 0 saturated carbocycles. The number of hydrogen-bond acceptors (Lipinski definition) is 4. The highest BCUT2D eigenvalue weighted by Gasteiger charge is 2.26. The van der Waals surface area contributed by atoms with Crippen LogP contribution in [0.3, 0.4) is 0 Å². The molecule has 1 aliphatic carbocycles. The van der Waals surface area contributed by atoms with Gasteiger partial charge in [0.2, 0.25) is 0 Å². The van der Waals surface area contributed by atoms with Crippen LogP contribution in [-0.4, -0.2) is 32.3 Å². The summed E-state index contributed by atoms with van der Waals surface area (Å²) in [7, 11) is 1.45. The molecule has 124 valence electrons. The van der Waals surface area contributed by atoms with Crippen molar-refractivity contribution in [3.8, 4) is 0 Å². The maximum Gasteiger partial charge on any atom is 0.407 e. The van der Waals surface area contributed by atoms with E-state index in [1.165, 1.54) is 23.8 Å². The van der Waals surface area contributed by atoms with Gasteiger partial charge in [0.05, 0.1) is 19.6 Å². The topological polar surface area (TPSA) is 64.6 Å². The molecule has 1 aliphatic heterocycles. The van der Waals surface area contributed by atoms with E-state index in [-0.39, 0.29) is 18.0 Å². The summed E-state index contributed by atoms with van der Waals surface area (Å²) in [5.74, 6) is 0.199. The number of benzene rings is 1. The minimum absolute atomic E-state index is 0.0174. The molecule has 5 heteroatoms. The number of carbonyl (C=O) groups is 2. The Morgan fingerprint density at radius 2 is 2.17 bits per heavy atom. The first-order valence-electron chi connectivity index (χ1n) is 8.27. The average molecular weight is 317 g/mol. The van der Waals surface area contributed by atoms with E-state index in [9.17, 15) is 9.59 Å². The number of esters is 1. The molecule has 2 aliphatic rings. The molecule has 0 aromatic heterocycles. The first kappa shape index (κ1) is 15.8. The van der Waals surface area contributed by atoms with Crippen LogP contribution in [0.5, 0.6) is 0 Å². The number of nitrogens with one attached hydrogen (secondary N) is 1. The third kappa shape index (κ3) is 3.66. The van der Waals surface area contributed by atoms with E-state index in [1.54, 1.807) is 0 Å². The molecular weight excluding hydrogens is 294 g/mol. The molecule has 0 spiro atoms. The fourth-order valence-corrected chi connectivity index (χ4v) is 3.54. The molecule has 5 nitrogen and oxygen atoms in total. The molecule has 1 aromatic carbocycles. The number of fused-ring (bicyclic) bond motifs is 1. The zero-order chi connectivity index (χ0) is 16.2. The number of alkyl carbamates (subject to hydrolysis) is 1. The van der Waals surface area contributed by atoms with E-state index in [1.807, 2.05) is 0 Å². The Bertz CT molecular complexity index is 599. The van der Waals surface area contributed by atoms with Gasteiger partial charge in [0.15, 0.2) is 0 Å². The number of carbonyl (C=O) groups excluding carboxylic acids is 2. The van der Waals surface area contributed by atoms with Crippen molar-refractivity contribution in [2.75, 3.05) is 20.3 Å². The summed E-state index contributed by atoms with van der Waals surface area (Å²) in [4.78, 5) is 23.1. The monoisotopic (exact) mass is 317 g/mol. The van der Waals surface area contributed by atoms with Crippen LogP contribution >= 0.6 is 0 Å². The van der Waals surface area contributed by atoms with Crippen molar-refractivity contribution in [1.29, 1.82) is 0 Å². The van der Waals surface area contributed by atoms with Gasteiger partial charge >= 0.3 is 12.1 Å². The average Bonchev–Trinajstić information content (AvgIpc) is 2.57. The fourth-order valence-electron chi connectivity index (χ4n) is 3.54. The minimum Gasteiger partial charge on any atom is -0.469 e. The first-order chi connectivity index (χ1) is 11.2. The molecule has 1 fully saturated rings. The Labute approximate surface area is 136 Å². The molecule has 3 rings (SSSR count). The Kier molecular flexibility index (Phi) is 4.84. The van der Waals surface area contributed by atoms with Crippen LogP contribution < -0.4 is 5.32 Å². The molecule has 1 unspecified atom stereocenters. The number of cyclic esters (lactones) is 1. The lowest BCUT2D eigenvalue weighted by atomic mass is 9.81. The zero-order valence-corrected chi connectivity index (χ0v) is 13.5. The van der Waals surface area contributed by atoms with Crippen molar-refractivity contribution >= 4 is 12.1 Å². The predicted molar refractivity (Wildman–Crippen MR) is 85.3 cm³/mol. The van der Waals surface area contributed by atoms with E-state index >= 15 is 0 Å². The van der Waals surface area contributed by atoms with Gasteiger partial charge in [-0.25, -0.2) is 4.79 Å². The van der Waals surface area contributed by atoms with Crippen molar-refractivity contribution in [2.45, 2.75) is 38.0 Å². The third-order valence-electron chi connectivity index (χ3n) is 4.89. The number of amides is 1. The molecular formula is C18H23NO4. The number of hydrogen-bond donors (Lipinski definition) is 1. The molecule has 0 radical (unpaired) electrons. The van der Waals surface area contributed by atoms with Gasteiger partial charge in [-0.3, -0.25) is 4.79 Å². The van der Waals surface area contributed by atoms with Gasteiger partial charge in [-0.2, -0.15) is 0 Å². The standard InChI is InChI=1S/C18H23NO4/c1-22-17(20)15-7-6-12-9-14(5-4-13(12)10-15)16-3-2-8-23-18(21)19-11-16/h4-5,9,15-16H,2-3,6-8,10-11H2,1H3,(H,19,21)/t15?,16-/m1/s1. The van der Waals surface area contributed by atoms with Crippen molar-refractivity contribution in [3.05, 3.63) is 34.9 Å². The van der Waals surface area contributed by atoms with Gasteiger partial charge < -0.3 is 14.8 Å². The number of rotatable bonds is 2. The maximum absolute atomic E-state index is 11.7. The summed E-state index contributed by atoms with van der Waals surface area (Å²) >= 11 is 0. The van der Waals surface area contributed by atoms with Crippen molar-refractivity contribution < 1.29 is 19.1 Å². The van der Waals surface area contributed by atoms with Crippen LogP contribution in [0.25, 0.3) is 0 Å². The minimum atomic E-state index is -0.325. The van der Waals surface area contributed by atoms with Gasteiger partial charge in [-0.15, -0.1) is 0 Å². The van der Waals surface area contributed by atoms with Crippen LogP contribution in [0.4, 0.5) is 4.79 Å². The lowest BCUT2D eigenvalue weighted by Gasteiger charge is -2.26. The van der Waals surface area contributed by atoms with Crippen LogP contribution in [0.1, 0.15) is 41.9 Å². The Balaban J connectivity index is 1.73. The normalized spacial score (nSPS) is 24.5. The molecule has 1 heterocycles. The largest absolute Gasteiger partial charge is 0.469 e. The van der Waals surface area contributed by atoms with E-state index < -0.39 is 0 Å². The highest BCUT2D eigenvalue weighted by molar-refractivity contribution is 5.73. The fraction of sp³-hybridized carbons (Fsp3) is 0.556. The zero-order valence-electron chi connectivity index (χ0n) is 13.5. The van der Waals surface area contributed by atoms with Gasteiger partial charge in [0, 0.05) is 12.5 Å². The second-order valence-corrected chi connectivity index (χ2v) is 6.35. The Morgan fingerprint density at radius 1 is 1.30 bits per heavy atom. The predicted octanol–water partition coefficient (Wildman–Crippen LogP) is 2.57. The Morgan fingerprint density at radius 3 is 3.00 bits per heavy atom. The quantitative estimate of drug-likeness (QED) is 0.852. The maximum atomic E-state index is 11.7. The smallest absolute Gasteiger partial charge is 0.407 e. The first-order valence-corrected chi connectivity index (χ1v) is 8.27. The molecule has 0 bridgehead atoms. The van der Waals surface area contributed by atoms with E-state index in [4.69, 9.17) is 9.47 Å². The van der Waals surface area contributed by atoms with Gasteiger partial charge in [-0.1, -0.05) is 18.2 Å². The molecule has 1 aromatic rings. The molecule has 1 N–H and O–H groups in total. The molecule has 23 heavy (non-hydrogen) atoms. The molecule has 1 saturated heterocycles. The molecule has 2 atom stereocenters. The van der Waals surface area contributed by atoms with Crippen LogP contribution in [0.15, 0.2) is 18.2 Å². The van der Waals surface area contributed by atoms with Crippen molar-refractivity contribution in [1.82, 2.24) is 5.32 Å². The lowest BCUT2D eigenvalue weighted by Crippen LogP contribution is -2.31. The second-order valence-electron chi connectivity index (χ2n) is 6.35. The van der Waals surface area contributed by atoms with Gasteiger partial charge in [0.1, 0.15) is 0 Å². The highest BCUT2D eigenvalue weighted by atomic mass is 16.5. The number of methoxy groups -OCH3 is 1. The van der Waals surface area contributed by atoms with Crippen LogP contribution in [0, 0.1) is 5.92 Å². The number of aryl methyl sites for hydroxylation is 1. The summed E-state index contributed by atoms with van der Waals surface area (Å²) in [6.07, 6.45) is 4.08. The molecule has 1 amide bonds. The summed E-state index contributed by atoms with van der Waals surface area (Å²) in [6, 6.07) is 6.52. The summed E-state index contributed by atoms with van der Waals surface area (Å²) in [5.41, 5.74) is 3.84. The summed E-state index contributed by atoms with van der Waals surface area (Å²) < 4.78 is 9.88. The van der Waals surface area contributed by atoms with E-state index in [0.29, 0.717) is 19.1 Å². The SMILES string of the molecule is COC(=O)C1CCc2cc([C@@H]3CCCOC(=O)NC3)ccc2C1. The van der Waals surface area contributed by atoms with Crippen molar-refractivity contribution in [3.63, 3.8) is 0 Å². The van der Waals surface area contributed by atoms with Crippen LogP contribution in [0.2, 0.25) is 0 Å². The summed E-state index contributed by atoms with van der Waals surface area (Å²) in [5, 5.41) is 2.82. The van der Waals surface area contributed by atoms with Gasteiger partial charge in [-0.05, 0) is 48.8 Å². The van der Waals surface area contributed by atoms with Crippen molar-refractivity contribution in [2.24, 2.45) is 5.92 Å². The Hall–Kier alpha value is -2.04. The van der Waals surface area contributed by atoms with E-state index in [0.717, 1.165) is 32.1 Å². The number of ether oxygens (including phenoxy) is 2. The highest BCUT2D eigenvalue weighted by Crippen LogP contribution is 2.30. The lowest BCUT2D eigenvalue weighted by molar-refractivity contribution is -0.145. The third-order valence-corrected chi connectivity index (χ3v) is 4.89. The second kappa shape index (κ2) is 7.02. The van der Waals surface area contributed by atoms with Crippen LogP contribution in [-0.2, 0) is 27.1 Å². The summed E-state index contributed by atoms with van der Waals surface area (Å²) in [6.45, 7) is 1.09. The van der Waals surface area contributed by atoms with Gasteiger partial charge in [0.25, 0.3) is 0 Å².